The van der Waals surface area contributed by atoms with Gasteiger partial charge in [0.1, 0.15) is 0 Å². The van der Waals surface area contributed by atoms with Crippen molar-refractivity contribution in [2.75, 3.05) is 18.6 Å². The molecular weight excluding hydrogens is 280 g/mol. The van der Waals surface area contributed by atoms with Crippen molar-refractivity contribution in [2.45, 2.75) is 75.9 Å². The van der Waals surface area contributed by atoms with Gasteiger partial charge in [0.25, 0.3) is 0 Å². The highest BCUT2D eigenvalue weighted by atomic mass is 32.2. The van der Waals surface area contributed by atoms with Crippen LogP contribution in [-0.2, 0) is 4.79 Å². The van der Waals surface area contributed by atoms with Gasteiger partial charge in [-0.25, -0.2) is 0 Å². The van der Waals surface area contributed by atoms with Gasteiger partial charge < -0.3 is 4.90 Å². The van der Waals surface area contributed by atoms with Crippen LogP contribution in [0.25, 0.3) is 0 Å². The van der Waals surface area contributed by atoms with Crippen molar-refractivity contribution in [1.29, 1.82) is 0 Å². The number of unbranched alkanes of at least 4 members (excludes halogenated alkanes) is 3. The Morgan fingerprint density at radius 1 is 1.19 bits per heavy atom. The summed E-state index contributed by atoms with van der Waals surface area (Å²) < 4.78 is 0. The normalized spacial score (nSPS) is 28.0. The number of hydrogen-bond donors (Lipinski definition) is 1. The molecule has 2 aliphatic carbocycles. The summed E-state index contributed by atoms with van der Waals surface area (Å²) in [5, 5.41) is 3.72. The SMILES string of the molecule is CSCCCCCCN1C(=O)C2(CC2)NC1C1CCCC1. The monoisotopic (exact) mass is 310 g/mol. The predicted molar refractivity (Wildman–Crippen MR) is 89.4 cm³/mol. The molecule has 0 aromatic rings. The summed E-state index contributed by atoms with van der Waals surface area (Å²) >= 11 is 1.94. The molecule has 0 aromatic carbocycles. The molecule has 1 amide bonds. The second-order valence-corrected chi connectivity index (χ2v) is 8.11. The largest absolute Gasteiger partial charge is 0.325 e. The second-order valence-electron chi connectivity index (χ2n) is 7.12. The van der Waals surface area contributed by atoms with E-state index < -0.39 is 0 Å². The van der Waals surface area contributed by atoms with Gasteiger partial charge >= 0.3 is 0 Å². The highest BCUT2D eigenvalue weighted by Crippen LogP contribution is 2.45. The lowest BCUT2D eigenvalue weighted by Crippen LogP contribution is -2.43. The van der Waals surface area contributed by atoms with Crippen molar-refractivity contribution >= 4 is 17.7 Å². The van der Waals surface area contributed by atoms with Crippen LogP contribution < -0.4 is 5.32 Å². The molecule has 1 unspecified atom stereocenters. The number of nitrogens with one attached hydrogen (secondary N) is 1. The summed E-state index contributed by atoms with van der Waals surface area (Å²) in [7, 11) is 0. The Hall–Kier alpha value is -0.220. The third kappa shape index (κ3) is 3.42. The van der Waals surface area contributed by atoms with E-state index in [4.69, 9.17) is 0 Å². The third-order valence-corrected chi connectivity index (χ3v) is 6.22. The van der Waals surface area contributed by atoms with Gasteiger partial charge in [-0.1, -0.05) is 25.7 Å². The first-order valence-electron chi connectivity index (χ1n) is 8.84. The summed E-state index contributed by atoms with van der Waals surface area (Å²) in [6.07, 6.45) is 15.1. The van der Waals surface area contributed by atoms with Crippen LogP contribution in [0.15, 0.2) is 0 Å². The van der Waals surface area contributed by atoms with Crippen LogP contribution in [0.4, 0.5) is 0 Å². The Morgan fingerprint density at radius 3 is 2.57 bits per heavy atom. The van der Waals surface area contributed by atoms with E-state index in [0.29, 0.717) is 18.0 Å². The van der Waals surface area contributed by atoms with Crippen LogP contribution in [0.2, 0.25) is 0 Å². The van der Waals surface area contributed by atoms with E-state index in [-0.39, 0.29) is 5.54 Å². The molecule has 3 fully saturated rings. The van der Waals surface area contributed by atoms with Gasteiger partial charge in [0.2, 0.25) is 5.91 Å². The molecule has 3 nitrogen and oxygen atoms in total. The van der Waals surface area contributed by atoms with Gasteiger partial charge in [0.05, 0.1) is 11.7 Å². The van der Waals surface area contributed by atoms with Crippen molar-refractivity contribution in [3.05, 3.63) is 0 Å². The van der Waals surface area contributed by atoms with E-state index >= 15 is 0 Å². The zero-order chi connectivity index (χ0) is 14.7. The first-order chi connectivity index (χ1) is 10.3. The number of hydrogen-bond acceptors (Lipinski definition) is 3. The molecule has 1 spiro atoms. The van der Waals surface area contributed by atoms with E-state index in [2.05, 4.69) is 16.5 Å². The molecule has 3 rings (SSSR count). The molecule has 1 aliphatic heterocycles. The summed E-state index contributed by atoms with van der Waals surface area (Å²) in [6.45, 7) is 0.980. The lowest BCUT2D eigenvalue weighted by Gasteiger charge is -2.29. The smallest absolute Gasteiger partial charge is 0.244 e. The van der Waals surface area contributed by atoms with E-state index in [9.17, 15) is 4.79 Å². The van der Waals surface area contributed by atoms with Gasteiger partial charge in [0, 0.05) is 6.54 Å². The van der Waals surface area contributed by atoms with Crippen LogP contribution in [0.3, 0.4) is 0 Å². The lowest BCUT2D eigenvalue weighted by molar-refractivity contribution is -0.131. The first-order valence-corrected chi connectivity index (χ1v) is 10.2. The molecule has 1 atom stereocenters. The van der Waals surface area contributed by atoms with Crippen molar-refractivity contribution < 1.29 is 4.79 Å². The average molecular weight is 311 g/mol. The Balaban J connectivity index is 1.49. The number of carbonyl (C=O) groups is 1. The molecule has 120 valence electrons. The molecule has 0 radical (unpaired) electrons. The van der Waals surface area contributed by atoms with E-state index in [1.165, 1.54) is 57.1 Å². The molecule has 4 heteroatoms. The fourth-order valence-electron chi connectivity index (χ4n) is 4.08. The van der Waals surface area contributed by atoms with Crippen molar-refractivity contribution in [3.63, 3.8) is 0 Å². The molecule has 2 saturated carbocycles. The van der Waals surface area contributed by atoms with E-state index in [1.807, 2.05) is 11.8 Å². The van der Waals surface area contributed by atoms with Crippen molar-refractivity contribution in [3.8, 4) is 0 Å². The van der Waals surface area contributed by atoms with Gasteiger partial charge in [0.15, 0.2) is 0 Å². The predicted octanol–water partition coefficient (Wildman–Crippen LogP) is 3.39. The van der Waals surface area contributed by atoms with Crippen LogP contribution in [-0.4, -0.2) is 41.1 Å². The van der Waals surface area contributed by atoms with Gasteiger partial charge in [-0.05, 0) is 56.5 Å². The Kier molecular flexibility index (Phi) is 5.15. The zero-order valence-electron chi connectivity index (χ0n) is 13.4. The third-order valence-electron chi connectivity index (χ3n) is 5.52. The maximum absolute atomic E-state index is 12.7. The molecule has 0 bridgehead atoms. The van der Waals surface area contributed by atoms with Crippen LogP contribution in [0, 0.1) is 5.92 Å². The molecule has 21 heavy (non-hydrogen) atoms. The summed E-state index contributed by atoms with van der Waals surface area (Å²) in [5.74, 6) is 2.41. The van der Waals surface area contributed by atoms with Gasteiger partial charge in [-0.3, -0.25) is 10.1 Å². The zero-order valence-corrected chi connectivity index (χ0v) is 14.2. The summed E-state index contributed by atoms with van der Waals surface area (Å²) in [4.78, 5) is 14.9. The maximum atomic E-state index is 12.7. The molecule has 0 aromatic heterocycles. The fourth-order valence-corrected chi connectivity index (χ4v) is 4.57. The maximum Gasteiger partial charge on any atom is 0.244 e. The van der Waals surface area contributed by atoms with Crippen LogP contribution in [0.1, 0.15) is 64.2 Å². The summed E-state index contributed by atoms with van der Waals surface area (Å²) in [6, 6.07) is 0. The van der Waals surface area contributed by atoms with E-state index in [0.717, 1.165) is 19.4 Å². The minimum Gasteiger partial charge on any atom is -0.325 e. The number of amides is 1. The minimum absolute atomic E-state index is 0.119. The van der Waals surface area contributed by atoms with Gasteiger partial charge in [-0.2, -0.15) is 11.8 Å². The van der Waals surface area contributed by atoms with E-state index in [1.54, 1.807) is 0 Å². The standard InChI is InChI=1S/C17H30N2OS/c1-21-13-7-3-2-6-12-19-15(14-8-4-5-9-14)18-17(10-11-17)16(19)20/h14-15,18H,2-13H2,1H3. The molecule has 3 aliphatic rings. The molecule has 1 heterocycles. The molecular formula is C17H30N2OS. The highest BCUT2D eigenvalue weighted by molar-refractivity contribution is 7.98. The quantitative estimate of drug-likeness (QED) is 0.698. The second kappa shape index (κ2) is 6.91. The topological polar surface area (TPSA) is 32.3 Å². The Morgan fingerprint density at radius 2 is 1.90 bits per heavy atom. The number of thioether (sulfide) groups is 1. The highest BCUT2D eigenvalue weighted by Gasteiger charge is 2.60. The molecule has 1 saturated heterocycles. The lowest BCUT2D eigenvalue weighted by atomic mass is 10.0. The Bertz CT molecular complexity index is 364. The fraction of sp³-hybridized carbons (Fsp3) is 0.941. The van der Waals surface area contributed by atoms with Crippen molar-refractivity contribution in [1.82, 2.24) is 10.2 Å². The number of nitrogens with zero attached hydrogens (tertiary/aromatic N) is 1. The average Bonchev–Trinajstić information content (AvgIpc) is 2.96. The number of carbonyl (C=O) groups excluding carboxylic acids is 1. The number of rotatable bonds is 8. The van der Waals surface area contributed by atoms with Gasteiger partial charge in [-0.15, -0.1) is 0 Å². The first kappa shape index (κ1) is 15.7. The summed E-state index contributed by atoms with van der Waals surface area (Å²) in [5.41, 5.74) is -0.119. The van der Waals surface area contributed by atoms with Crippen molar-refractivity contribution in [2.24, 2.45) is 5.92 Å². The van der Waals surface area contributed by atoms with Crippen LogP contribution in [0.5, 0.6) is 0 Å². The Labute approximate surface area is 133 Å². The van der Waals surface area contributed by atoms with Crippen LogP contribution >= 0.6 is 11.8 Å². The molecule has 1 N–H and O–H groups in total. The minimum atomic E-state index is -0.119.